The summed E-state index contributed by atoms with van der Waals surface area (Å²) in [4.78, 5) is 34.5. The second-order valence-electron chi connectivity index (χ2n) is 7.75. The molecule has 0 radical (unpaired) electrons. The first-order valence-electron chi connectivity index (χ1n) is 10.4. The lowest BCUT2D eigenvalue weighted by Gasteiger charge is -2.29. The van der Waals surface area contributed by atoms with Crippen LogP contribution in [0.3, 0.4) is 0 Å². The molecule has 7 nitrogen and oxygen atoms in total. The summed E-state index contributed by atoms with van der Waals surface area (Å²) >= 11 is 3.39. The second-order valence-corrected chi connectivity index (χ2v) is 8.67. The van der Waals surface area contributed by atoms with Gasteiger partial charge in [0.05, 0.1) is 25.6 Å². The van der Waals surface area contributed by atoms with Gasteiger partial charge in [0, 0.05) is 10.0 Å². The predicted octanol–water partition coefficient (Wildman–Crippen LogP) is 4.52. The Kier molecular flexibility index (Phi) is 5.55. The number of hydrogen-bond donors (Lipinski definition) is 0. The van der Waals surface area contributed by atoms with Gasteiger partial charge >= 0.3 is 0 Å². The summed E-state index contributed by atoms with van der Waals surface area (Å²) in [6.07, 6.45) is -0.956. The van der Waals surface area contributed by atoms with Crippen molar-refractivity contribution in [3.63, 3.8) is 0 Å². The fourth-order valence-electron chi connectivity index (χ4n) is 4.44. The largest absolute Gasteiger partial charge is 0.497 e. The normalized spacial score (nSPS) is 22.0. The smallest absolute Gasteiger partial charge is 0.266 e. The Morgan fingerprint density at radius 3 is 2.24 bits per heavy atom. The molecular weight excluding hydrogens is 488 g/mol. The van der Waals surface area contributed by atoms with Gasteiger partial charge in [-0.25, -0.2) is 9.96 Å². The van der Waals surface area contributed by atoms with E-state index in [-0.39, 0.29) is 5.91 Å². The number of imide groups is 1. The highest BCUT2D eigenvalue weighted by Crippen LogP contribution is 2.50. The Balaban J connectivity index is 1.63. The quantitative estimate of drug-likeness (QED) is 0.472. The maximum absolute atomic E-state index is 13.7. The number of hydrogen-bond acceptors (Lipinski definition) is 6. The lowest BCUT2D eigenvalue weighted by molar-refractivity contribution is -0.126. The molecule has 3 atom stereocenters. The molecule has 0 N–H and O–H groups in total. The lowest BCUT2D eigenvalue weighted by Crippen LogP contribution is -2.37. The van der Waals surface area contributed by atoms with Crippen LogP contribution in [0.4, 0.5) is 11.4 Å². The number of fused-ring (bicyclic) bond motifs is 1. The van der Waals surface area contributed by atoms with Crippen LogP contribution in [0.1, 0.15) is 11.6 Å². The zero-order valence-corrected chi connectivity index (χ0v) is 19.6. The molecule has 0 aliphatic carbocycles. The first-order valence-corrected chi connectivity index (χ1v) is 11.2. The van der Waals surface area contributed by atoms with Gasteiger partial charge in [-0.3, -0.25) is 14.4 Å². The van der Waals surface area contributed by atoms with Crippen LogP contribution < -0.4 is 19.4 Å². The van der Waals surface area contributed by atoms with Crippen molar-refractivity contribution in [2.45, 2.75) is 12.1 Å². The van der Waals surface area contributed by atoms with Crippen molar-refractivity contribution in [2.24, 2.45) is 5.92 Å². The zero-order valence-electron chi connectivity index (χ0n) is 18.0. The number of hydroxylamine groups is 1. The number of para-hydroxylation sites is 1. The van der Waals surface area contributed by atoms with Crippen molar-refractivity contribution >= 4 is 39.1 Å². The third-order valence-corrected chi connectivity index (χ3v) is 6.50. The molecule has 168 valence electrons. The Morgan fingerprint density at radius 2 is 1.58 bits per heavy atom. The Labute approximate surface area is 199 Å². The molecule has 0 bridgehead atoms. The number of methoxy groups -OCH3 is 2. The monoisotopic (exact) mass is 508 g/mol. The SMILES string of the molecule is COc1ccc(OC)c([C@@H]2[C@H]3C(=O)N(c4ccc(Br)cc4)C(=O)[C@H]3ON2c2ccccc2)c1. The molecular formula is C25H21BrN2O5. The van der Waals surface area contributed by atoms with Crippen molar-refractivity contribution in [1.82, 2.24) is 0 Å². The fourth-order valence-corrected chi connectivity index (χ4v) is 4.71. The van der Waals surface area contributed by atoms with Gasteiger partial charge in [0.15, 0.2) is 6.10 Å². The highest BCUT2D eigenvalue weighted by atomic mass is 79.9. The molecule has 33 heavy (non-hydrogen) atoms. The number of carbonyl (C=O) groups excluding carboxylic acids is 2. The standard InChI is InChI=1S/C25H21BrN2O5/c1-31-18-12-13-20(32-2)19(14-18)22-21-23(33-28(22)17-6-4-3-5-7-17)25(30)27(24(21)29)16-10-8-15(26)9-11-16/h3-14,21-23H,1-2H3/t21-,22-,23+/m1/s1. The van der Waals surface area contributed by atoms with E-state index in [2.05, 4.69) is 15.9 Å². The minimum Gasteiger partial charge on any atom is -0.497 e. The number of rotatable bonds is 5. The van der Waals surface area contributed by atoms with E-state index < -0.39 is 24.0 Å². The summed E-state index contributed by atoms with van der Waals surface area (Å²) in [6, 6.07) is 21.3. The number of amides is 2. The summed E-state index contributed by atoms with van der Waals surface area (Å²) in [5, 5.41) is 1.64. The number of nitrogens with zero attached hydrogens (tertiary/aromatic N) is 2. The molecule has 0 spiro atoms. The van der Waals surface area contributed by atoms with Crippen molar-refractivity contribution in [1.29, 1.82) is 0 Å². The van der Waals surface area contributed by atoms with Gasteiger partial charge in [0.2, 0.25) is 5.91 Å². The van der Waals surface area contributed by atoms with Gasteiger partial charge in [-0.15, -0.1) is 0 Å². The van der Waals surface area contributed by atoms with Crippen molar-refractivity contribution in [3.8, 4) is 11.5 Å². The molecule has 0 aromatic heterocycles. The van der Waals surface area contributed by atoms with Crippen molar-refractivity contribution in [2.75, 3.05) is 24.2 Å². The molecule has 8 heteroatoms. The first kappa shape index (κ1) is 21.5. The van der Waals surface area contributed by atoms with E-state index in [1.165, 1.54) is 4.90 Å². The van der Waals surface area contributed by atoms with Crippen molar-refractivity contribution in [3.05, 3.63) is 82.8 Å². The molecule has 3 aromatic rings. The van der Waals surface area contributed by atoms with Gasteiger partial charge in [-0.05, 0) is 54.6 Å². The minimum atomic E-state index is -0.956. The maximum atomic E-state index is 13.7. The van der Waals surface area contributed by atoms with Crippen LogP contribution in [0, 0.1) is 5.92 Å². The number of halogens is 1. The van der Waals surface area contributed by atoms with Crippen LogP contribution in [0.5, 0.6) is 11.5 Å². The molecule has 2 heterocycles. The second kappa shape index (κ2) is 8.53. The van der Waals surface area contributed by atoms with Crippen molar-refractivity contribution < 1.29 is 23.9 Å². The summed E-state index contributed by atoms with van der Waals surface area (Å²) in [5.41, 5.74) is 1.94. The zero-order chi connectivity index (χ0) is 23.1. The number of carbonyl (C=O) groups is 2. The van der Waals surface area contributed by atoms with E-state index in [0.717, 1.165) is 10.2 Å². The van der Waals surface area contributed by atoms with Gasteiger partial charge < -0.3 is 9.47 Å². The van der Waals surface area contributed by atoms with Gasteiger partial charge in [0.1, 0.15) is 23.5 Å². The van der Waals surface area contributed by atoms with Gasteiger partial charge in [-0.2, -0.15) is 0 Å². The highest BCUT2D eigenvalue weighted by molar-refractivity contribution is 9.10. The van der Waals surface area contributed by atoms with Crippen LogP contribution in [0.15, 0.2) is 77.3 Å². The molecule has 0 unspecified atom stereocenters. The molecule has 0 saturated carbocycles. The number of anilines is 2. The average molecular weight is 509 g/mol. The summed E-state index contributed by atoms with van der Waals surface area (Å²) in [5.74, 6) is -0.280. The molecule has 2 amide bonds. The van der Waals surface area contributed by atoms with Crippen LogP contribution in [-0.4, -0.2) is 32.1 Å². The summed E-state index contributed by atoms with van der Waals surface area (Å²) in [6.45, 7) is 0. The maximum Gasteiger partial charge on any atom is 0.266 e. The van der Waals surface area contributed by atoms with E-state index in [0.29, 0.717) is 22.7 Å². The first-order chi connectivity index (χ1) is 16.0. The molecule has 5 rings (SSSR count). The summed E-state index contributed by atoms with van der Waals surface area (Å²) in [7, 11) is 3.15. The van der Waals surface area contributed by atoms with Gasteiger partial charge in [-0.1, -0.05) is 34.1 Å². The molecule has 2 aliphatic rings. The Morgan fingerprint density at radius 1 is 0.848 bits per heavy atom. The van der Waals surface area contributed by atoms with E-state index in [1.54, 1.807) is 55.7 Å². The average Bonchev–Trinajstić information content (AvgIpc) is 3.36. The molecule has 2 saturated heterocycles. The Bertz CT molecular complexity index is 1200. The third-order valence-electron chi connectivity index (χ3n) is 5.97. The highest BCUT2D eigenvalue weighted by Gasteiger charge is 2.60. The molecule has 3 aromatic carbocycles. The van der Waals surface area contributed by atoms with E-state index >= 15 is 0 Å². The fraction of sp³-hybridized carbons (Fsp3) is 0.200. The predicted molar refractivity (Wildman–Crippen MR) is 126 cm³/mol. The van der Waals surface area contributed by atoms with Crippen LogP contribution in [0.2, 0.25) is 0 Å². The molecule has 2 fully saturated rings. The molecule has 2 aliphatic heterocycles. The van der Waals surface area contributed by atoms with E-state index in [4.69, 9.17) is 14.3 Å². The third kappa shape index (κ3) is 3.55. The Hall–Kier alpha value is -3.36. The number of benzene rings is 3. The van der Waals surface area contributed by atoms with E-state index in [9.17, 15) is 9.59 Å². The van der Waals surface area contributed by atoms with E-state index in [1.807, 2.05) is 36.4 Å². The minimum absolute atomic E-state index is 0.319. The lowest BCUT2D eigenvalue weighted by atomic mass is 9.89. The van der Waals surface area contributed by atoms with Crippen LogP contribution in [0.25, 0.3) is 0 Å². The van der Waals surface area contributed by atoms with Gasteiger partial charge in [0.25, 0.3) is 5.91 Å². The summed E-state index contributed by atoms with van der Waals surface area (Å²) < 4.78 is 11.9. The van der Waals surface area contributed by atoms with Crippen LogP contribution in [-0.2, 0) is 14.4 Å². The van der Waals surface area contributed by atoms with Crippen LogP contribution >= 0.6 is 15.9 Å². The number of ether oxygens (including phenoxy) is 2. The topological polar surface area (TPSA) is 68.3 Å².